The first-order chi connectivity index (χ1) is 8.13. The zero-order valence-corrected chi connectivity index (χ0v) is 11.1. The van der Waals surface area contributed by atoms with E-state index in [1.807, 2.05) is 0 Å². The number of nitrogens with zero attached hydrogens (tertiary/aromatic N) is 2. The van der Waals surface area contributed by atoms with E-state index >= 15 is 0 Å². The summed E-state index contributed by atoms with van der Waals surface area (Å²) in [5.74, 6) is 0.602. The Morgan fingerprint density at radius 2 is 1.94 bits per heavy atom. The molecule has 2 rings (SSSR count). The topological polar surface area (TPSA) is 32.5 Å². The Bertz CT molecular complexity index is 358. The number of benzene rings is 1. The molecule has 0 radical (unpaired) electrons. The van der Waals surface area contributed by atoms with E-state index in [-0.39, 0.29) is 0 Å². The maximum absolute atomic E-state index is 5.87. The quantitative estimate of drug-likeness (QED) is 0.862. The largest absolute Gasteiger partial charge is 0.378 e. The minimum atomic E-state index is 0.496. The zero-order valence-electron chi connectivity index (χ0n) is 11.1. The Morgan fingerprint density at radius 1 is 1.29 bits per heavy atom. The molecule has 1 fully saturated rings. The first-order valence-electron chi connectivity index (χ1n) is 6.31. The second-order valence-electron chi connectivity index (χ2n) is 5.20. The lowest BCUT2D eigenvalue weighted by Crippen LogP contribution is -2.25. The van der Waals surface area contributed by atoms with Crippen LogP contribution in [-0.4, -0.2) is 39.1 Å². The Balaban J connectivity index is 2.21. The van der Waals surface area contributed by atoms with Crippen LogP contribution in [-0.2, 0) is 0 Å². The summed E-state index contributed by atoms with van der Waals surface area (Å²) in [5, 5.41) is 0. The highest BCUT2D eigenvalue weighted by molar-refractivity contribution is 5.46. The highest BCUT2D eigenvalue weighted by Gasteiger charge is 2.31. The second kappa shape index (κ2) is 5.07. The van der Waals surface area contributed by atoms with Gasteiger partial charge in [-0.15, -0.1) is 0 Å². The normalized spacial score (nSPS) is 25.2. The Labute approximate surface area is 104 Å². The van der Waals surface area contributed by atoms with Gasteiger partial charge in [-0.1, -0.05) is 12.1 Å². The van der Waals surface area contributed by atoms with Crippen LogP contribution in [0.15, 0.2) is 24.3 Å². The van der Waals surface area contributed by atoms with Crippen molar-refractivity contribution in [1.82, 2.24) is 4.90 Å². The zero-order chi connectivity index (χ0) is 12.4. The lowest BCUT2D eigenvalue weighted by Gasteiger charge is -2.25. The molecule has 2 N–H and O–H groups in total. The Hall–Kier alpha value is -1.06. The first kappa shape index (κ1) is 12.4. The summed E-state index contributed by atoms with van der Waals surface area (Å²) in [6, 6.07) is 9.36. The lowest BCUT2D eigenvalue weighted by atomic mass is 9.94. The van der Waals surface area contributed by atoms with Crippen molar-refractivity contribution in [3.05, 3.63) is 29.8 Å². The molecule has 1 heterocycles. The lowest BCUT2D eigenvalue weighted by molar-refractivity contribution is 0.279. The van der Waals surface area contributed by atoms with Crippen molar-refractivity contribution in [1.29, 1.82) is 0 Å². The van der Waals surface area contributed by atoms with Crippen LogP contribution in [0.25, 0.3) is 0 Å². The average Bonchev–Trinajstić information content (AvgIpc) is 2.70. The molecule has 2 atom stereocenters. The van der Waals surface area contributed by atoms with Gasteiger partial charge in [-0.2, -0.15) is 0 Å². The molecule has 3 nitrogen and oxygen atoms in total. The van der Waals surface area contributed by atoms with Gasteiger partial charge in [0.15, 0.2) is 0 Å². The van der Waals surface area contributed by atoms with Gasteiger partial charge in [0, 0.05) is 25.8 Å². The van der Waals surface area contributed by atoms with Crippen molar-refractivity contribution in [2.24, 2.45) is 11.7 Å². The molecule has 0 aromatic heterocycles. The van der Waals surface area contributed by atoms with Crippen molar-refractivity contribution in [2.45, 2.75) is 12.5 Å². The van der Waals surface area contributed by atoms with Crippen LogP contribution >= 0.6 is 0 Å². The monoisotopic (exact) mass is 233 g/mol. The fraction of sp³-hybridized carbons (Fsp3) is 0.571. The van der Waals surface area contributed by atoms with E-state index in [0.717, 1.165) is 13.1 Å². The molecular weight excluding hydrogens is 210 g/mol. The minimum absolute atomic E-state index is 0.496. The van der Waals surface area contributed by atoms with Gasteiger partial charge in [-0.25, -0.2) is 0 Å². The van der Waals surface area contributed by atoms with Crippen LogP contribution < -0.4 is 10.6 Å². The fourth-order valence-electron chi connectivity index (χ4n) is 2.77. The highest BCUT2D eigenvalue weighted by Crippen LogP contribution is 2.35. The Morgan fingerprint density at radius 3 is 2.47 bits per heavy atom. The van der Waals surface area contributed by atoms with Crippen LogP contribution in [0, 0.1) is 5.92 Å². The number of hydrogen-bond donors (Lipinski definition) is 1. The minimum Gasteiger partial charge on any atom is -0.378 e. The third kappa shape index (κ3) is 2.45. The molecule has 17 heavy (non-hydrogen) atoms. The molecule has 0 bridgehead atoms. The number of anilines is 1. The van der Waals surface area contributed by atoms with Crippen LogP contribution in [0.2, 0.25) is 0 Å². The van der Waals surface area contributed by atoms with Gasteiger partial charge in [-0.05, 0) is 50.2 Å². The van der Waals surface area contributed by atoms with Gasteiger partial charge in [0.05, 0.1) is 0 Å². The van der Waals surface area contributed by atoms with E-state index in [2.05, 4.69) is 55.2 Å². The van der Waals surface area contributed by atoms with E-state index in [4.69, 9.17) is 5.73 Å². The highest BCUT2D eigenvalue weighted by atomic mass is 15.2. The molecule has 1 aliphatic heterocycles. The van der Waals surface area contributed by atoms with Gasteiger partial charge >= 0.3 is 0 Å². The Kier molecular flexibility index (Phi) is 3.69. The first-order valence-corrected chi connectivity index (χ1v) is 6.31. The maximum Gasteiger partial charge on any atom is 0.0385 e. The maximum atomic E-state index is 5.87. The second-order valence-corrected chi connectivity index (χ2v) is 5.20. The van der Waals surface area contributed by atoms with E-state index in [0.29, 0.717) is 12.0 Å². The molecule has 1 aliphatic rings. The number of rotatable bonds is 3. The third-order valence-electron chi connectivity index (χ3n) is 3.83. The SMILES string of the molecule is CN(C)c1ccc(C2C(CN)CCN2C)cc1. The molecule has 94 valence electrons. The van der Waals surface area contributed by atoms with Crippen molar-refractivity contribution in [2.75, 3.05) is 39.1 Å². The fourth-order valence-corrected chi connectivity index (χ4v) is 2.77. The summed E-state index contributed by atoms with van der Waals surface area (Å²) >= 11 is 0. The summed E-state index contributed by atoms with van der Waals surface area (Å²) in [5.41, 5.74) is 8.51. The molecule has 0 spiro atoms. The summed E-state index contributed by atoms with van der Waals surface area (Å²) in [6.07, 6.45) is 1.22. The number of likely N-dealkylation sites (tertiary alicyclic amines) is 1. The standard InChI is InChI=1S/C14H23N3/c1-16(2)13-6-4-11(5-7-13)14-12(10-15)8-9-17(14)3/h4-7,12,14H,8-10,15H2,1-3H3. The van der Waals surface area contributed by atoms with E-state index in [1.165, 1.54) is 17.7 Å². The van der Waals surface area contributed by atoms with Crippen molar-refractivity contribution in [3.8, 4) is 0 Å². The van der Waals surface area contributed by atoms with Crippen molar-refractivity contribution in [3.63, 3.8) is 0 Å². The molecule has 3 heteroatoms. The molecule has 0 amide bonds. The smallest absolute Gasteiger partial charge is 0.0385 e. The van der Waals surface area contributed by atoms with Gasteiger partial charge in [-0.3, -0.25) is 4.90 Å². The molecular formula is C14H23N3. The molecule has 0 saturated carbocycles. The molecule has 1 aromatic carbocycles. The molecule has 2 unspecified atom stereocenters. The van der Waals surface area contributed by atoms with Gasteiger partial charge in [0.1, 0.15) is 0 Å². The van der Waals surface area contributed by atoms with E-state index in [9.17, 15) is 0 Å². The van der Waals surface area contributed by atoms with Gasteiger partial charge in [0.2, 0.25) is 0 Å². The molecule has 0 aliphatic carbocycles. The van der Waals surface area contributed by atoms with E-state index < -0.39 is 0 Å². The van der Waals surface area contributed by atoms with Crippen LogP contribution in [0.4, 0.5) is 5.69 Å². The van der Waals surface area contributed by atoms with E-state index in [1.54, 1.807) is 0 Å². The van der Waals surface area contributed by atoms with Crippen LogP contribution in [0.3, 0.4) is 0 Å². The summed E-state index contributed by atoms with van der Waals surface area (Å²) < 4.78 is 0. The van der Waals surface area contributed by atoms with Crippen LogP contribution in [0.5, 0.6) is 0 Å². The number of nitrogens with two attached hydrogens (primary N) is 1. The van der Waals surface area contributed by atoms with Gasteiger partial charge in [0.25, 0.3) is 0 Å². The van der Waals surface area contributed by atoms with Crippen molar-refractivity contribution < 1.29 is 0 Å². The molecule has 1 aromatic rings. The predicted octanol–water partition coefficient (Wildman–Crippen LogP) is 1.70. The van der Waals surface area contributed by atoms with Crippen molar-refractivity contribution >= 4 is 5.69 Å². The summed E-state index contributed by atoms with van der Waals surface area (Å²) in [4.78, 5) is 4.55. The molecule has 1 saturated heterocycles. The summed E-state index contributed by atoms with van der Waals surface area (Å²) in [7, 11) is 6.33. The number of hydrogen-bond acceptors (Lipinski definition) is 3. The van der Waals surface area contributed by atoms with Gasteiger partial charge < -0.3 is 10.6 Å². The summed E-state index contributed by atoms with van der Waals surface area (Å²) in [6.45, 7) is 1.94. The van der Waals surface area contributed by atoms with Crippen LogP contribution in [0.1, 0.15) is 18.0 Å². The average molecular weight is 233 g/mol. The third-order valence-corrected chi connectivity index (χ3v) is 3.83. The predicted molar refractivity (Wildman–Crippen MR) is 73.3 cm³/mol.